The Kier molecular flexibility index (Phi) is 4.45. The first-order chi connectivity index (χ1) is 11.7. The number of hydrogen-bond acceptors (Lipinski definition) is 8. The summed E-state index contributed by atoms with van der Waals surface area (Å²) in [5, 5.41) is 13.7. The maximum Gasteiger partial charge on any atom is 0.315 e. The van der Waals surface area contributed by atoms with E-state index in [1.807, 2.05) is 0 Å². The lowest BCUT2D eigenvalue weighted by Crippen LogP contribution is -2.24. The monoisotopic (exact) mass is 330 g/mol. The Labute approximate surface area is 135 Å². The van der Waals surface area contributed by atoms with Crippen LogP contribution in [0, 0.1) is 0 Å². The number of H-pyrrole nitrogens is 1. The van der Waals surface area contributed by atoms with Gasteiger partial charge in [0.2, 0.25) is 5.89 Å². The van der Waals surface area contributed by atoms with Gasteiger partial charge < -0.3 is 14.6 Å². The van der Waals surface area contributed by atoms with E-state index in [2.05, 4.69) is 30.6 Å². The van der Waals surface area contributed by atoms with E-state index in [0.29, 0.717) is 0 Å². The predicted octanol–water partition coefficient (Wildman–Crippen LogP) is 0.376. The highest BCUT2D eigenvalue weighted by atomic mass is 16.5. The second kappa shape index (κ2) is 6.86. The summed E-state index contributed by atoms with van der Waals surface area (Å²) in [5.74, 6) is -0.438. The molecule has 0 fully saturated rings. The van der Waals surface area contributed by atoms with Crippen molar-refractivity contribution in [1.82, 2.24) is 30.6 Å². The molecule has 124 valence electrons. The predicted molar refractivity (Wildman–Crippen MR) is 79.7 cm³/mol. The fourth-order valence-electron chi connectivity index (χ4n) is 1.99. The third kappa shape index (κ3) is 3.54. The molecular weight excluding hydrogens is 316 g/mol. The van der Waals surface area contributed by atoms with E-state index in [4.69, 9.17) is 9.26 Å². The van der Waals surface area contributed by atoms with E-state index in [-0.39, 0.29) is 42.9 Å². The summed E-state index contributed by atoms with van der Waals surface area (Å²) in [5.41, 5.74) is 0.993. The number of carbonyl (C=O) groups excluding carboxylic acids is 2. The molecule has 0 aliphatic carbocycles. The van der Waals surface area contributed by atoms with E-state index < -0.39 is 5.97 Å². The molecular formula is C14H14N6O4. The van der Waals surface area contributed by atoms with Crippen LogP contribution in [0.3, 0.4) is 0 Å². The third-order valence-electron chi connectivity index (χ3n) is 3.08. The molecule has 3 aromatic rings. The number of ether oxygens (including phenoxy) is 1. The average Bonchev–Trinajstić information content (AvgIpc) is 3.21. The molecule has 0 saturated carbocycles. The molecule has 0 unspecified atom stereocenters. The smallest absolute Gasteiger partial charge is 0.315 e. The number of amides is 1. The Bertz CT molecular complexity index is 871. The summed E-state index contributed by atoms with van der Waals surface area (Å²) in [6, 6.07) is 1.62. The van der Waals surface area contributed by atoms with Gasteiger partial charge in [0.1, 0.15) is 12.1 Å². The van der Waals surface area contributed by atoms with E-state index >= 15 is 0 Å². The maximum atomic E-state index is 12.1. The lowest BCUT2D eigenvalue weighted by Gasteiger charge is -2.01. The molecule has 3 aromatic heterocycles. The van der Waals surface area contributed by atoms with Gasteiger partial charge in [-0.1, -0.05) is 5.16 Å². The highest BCUT2D eigenvalue weighted by molar-refractivity contribution is 5.95. The molecule has 0 aromatic carbocycles. The highest BCUT2D eigenvalue weighted by Crippen LogP contribution is 2.10. The van der Waals surface area contributed by atoms with Gasteiger partial charge in [-0.15, -0.1) is 0 Å². The number of esters is 1. The Morgan fingerprint density at radius 2 is 2.25 bits per heavy atom. The van der Waals surface area contributed by atoms with Gasteiger partial charge in [0.15, 0.2) is 5.82 Å². The Morgan fingerprint density at radius 3 is 3.08 bits per heavy atom. The largest absolute Gasteiger partial charge is 0.466 e. The second-order valence-electron chi connectivity index (χ2n) is 4.80. The third-order valence-corrected chi connectivity index (χ3v) is 3.08. The van der Waals surface area contributed by atoms with Gasteiger partial charge in [0.05, 0.1) is 31.1 Å². The summed E-state index contributed by atoms with van der Waals surface area (Å²) >= 11 is 0. The molecule has 2 N–H and O–H groups in total. The number of rotatable bonds is 6. The molecule has 3 heterocycles. The SMILES string of the molecule is CCOC(=O)Cc1nc(CNC(=O)c2cc3cn[nH]c3cn2)no1. The summed E-state index contributed by atoms with van der Waals surface area (Å²) in [6.07, 6.45) is 3.03. The van der Waals surface area contributed by atoms with Crippen LogP contribution in [0.25, 0.3) is 10.9 Å². The minimum absolute atomic E-state index is 0.0518. The molecule has 0 bridgehead atoms. The van der Waals surface area contributed by atoms with Crippen LogP contribution in [-0.4, -0.2) is 43.8 Å². The van der Waals surface area contributed by atoms with Crippen molar-refractivity contribution in [3.05, 3.63) is 35.9 Å². The zero-order chi connectivity index (χ0) is 16.9. The van der Waals surface area contributed by atoms with Gasteiger partial charge in [0.25, 0.3) is 5.91 Å². The van der Waals surface area contributed by atoms with Crippen molar-refractivity contribution in [2.45, 2.75) is 19.9 Å². The fourth-order valence-corrected chi connectivity index (χ4v) is 1.99. The lowest BCUT2D eigenvalue weighted by atomic mass is 10.2. The van der Waals surface area contributed by atoms with Crippen LogP contribution < -0.4 is 5.32 Å². The second-order valence-corrected chi connectivity index (χ2v) is 4.80. The van der Waals surface area contributed by atoms with Crippen molar-refractivity contribution in [2.24, 2.45) is 0 Å². The normalized spacial score (nSPS) is 10.7. The van der Waals surface area contributed by atoms with E-state index in [9.17, 15) is 9.59 Å². The van der Waals surface area contributed by atoms with Crippen molar-refractivity contribution in [3.8, 4) is 0 Å². The molecule has 0 aliphatic heterocycles. The van der Waals surface area contributed by atoms with Gasteiger partial charge in [0, 0.05) is 5.39 Å². The number of nitrogens with zero attached hydrogens (tertiary/aromatic N) is 4. The molecule has 0 radical (unpaired) electrons. The summed E-state index contributed by atoms with van der Waals surface area (Å²) in [6.45, 7) is 2.04. The van der Waals surface area contributed by atoms with Crippen molar-refractivity contribution in [1.29, 1.82) is 0 Å². The molecule has 0 aliphatic rings. The van der Waals surface area contributed by atoms with Crippen LogP contribution in [0.15, 0.2) is 23.0 Å². The average molecular weight is 330 g/mol. The minimum atomic E-state index is -0.450. The standard InChI is InChI=1S/C14H14N6O4/c1-2-23-13(21)4-12-18-11(20-24-12)7-16-14(22)9-3-8-5-17-19-10(8)6-15-9/h3,5-6H,2,4,7H2,1H3,(H,16,22)(H,17,19). The van der Waals surface area contributed by atoms with E-state index in [1.165, 1.54) is 6.20 Å². The Hall–Kier alpha value is -3.30. The fraction of sp³-hybridized carbons (Fsp3) is 0.286. The molecule has 0 spiro atoms. The molecule has 24 heavy (non-hydrogen) atoms. The van der Waals surface area contributed by atoms with Crippen LogP contribution in [0.2, 0.25) is 0 Å². The van der Waals surface area contributed by atoms with Crippen molar-refractivity contribution >= 4 is 22.8 Å². The zero-order valence-corrected chi connectivity index (χ0v) is 12.8. The minimum Gasteiger partial charge on any atom is -0.466 e. The van der Waals surface area contributed by atoms with Gasteiger partial charge >= 0.3 is 5.97 Å². The zero-order valence-electron chi connectivity index (χ0n) is 12.8. The quantitative estimate of drug-likeness (QED) is 0.619. The van der Waals surface area contributed by atoms with Crippen molar-refractivity contribution in [2.75, 3.05) is 6.61 Å². The number of hydrogen-bond donors (Lipinski definition) is 2. The summed E-state index contributed by atoms with van der Waals surface area (Å²) in [7, 11) is 0. The van der Waals surface area contributed by atoms with Crippen molar-refractivity contribution < 1.29 is 18.8 Å². The molecule has 1 amide bonds. The first-order valence-corrected chi connectivity index (χ1v) is 7.20. The first kappa shape index (κ1) is 15.6. The summed E-state index contributed by atoms with van der Waals surface area (Å²) < 4.78 is 9.71. The lowest BCUT2D eigenvalue weighted by molar-refractivity contribution is -0.142. The van der Waals surface area contributed by atoms with Crippen LogP contribution in [0.5, 0.6) is 0 Å². The molecule has 0 saturated heterocycles. The number of aromatic amines is 1. The number of fused-ring (bicyclic) bond motifs is 1. The molecule has 3 rings (SSSR count). The van der Waals surface area contributed by atoms with E-state index in [1.54, 1.807) is 19.2 Å². The first-order valence-electron chi connectivity index (χ1n) is 7.20. The van der Waals surface area contributed by atoms with Gasteiger partial charge in [-0.05, 0) is 13.0 Å². The van der Waals surface area contributed by atoms with Crippen LogP contribution in [-0.2, 0) is 22.5 Å². The number of nitrogens with one attached hydrogen (secondary N) is 2. The summed E-state index contributed by atoms with van der Waals surface area (Å²) in [4.78, 5) is 31.5. The van der Waals surface area contributed by atoms with Crippen LogP contribution in [0.1, 0.15) is 29.1 Å². The molecule has 10 heteroatoms. The topological polar surface area (TPSA) is 136 Å². The van der Waals surface area contributed by atoms with Gasteiger partial charge in [-0.25, -0.2) is 4.98 Å². The van der Waals surface area contributed by atoms with Crippen molar-refractivity contribution in [3.63, 3.8) is 0 Å². The highest BCUT2D eigenvalue weighted by Gasteiger charge is 2.14. The van der Waals surface area contributed by atoms with E-state index in [0.717, 1.165) is 10.9 Å². The van der Waals surface area contributed by atoms with Crippen LogP contribution >= 0.6 is 0 Å². The molecule has 0 atom stereocenters. The van der Waals surface area contributed by atoms with Gasteiger partial charge in [-0.2, -0.15) is 10.1 Å². The van der Waals surface area contributed by atoms with Crippen LogP contribution in [0.4, 0.5) is 0 Å². The number of carbonyl (C=O) groups is 2. The Balaban J connectivity index is 1.58. The Morgan fingerprint density at radius 1 is 1.38 bits per heavy atom. The number of aromatic nitrogens is 5. The maximum absolute atomic E-state index is 12.1. The van der Waals surface area contributed by atoms with Gasteiger partial charge in [-0.3, -0.25) is 14.7 Å². The molecule has 10 nitrogen and oxygen atoms in total. The number of pyridine rings is 1.